The average Bonchev–Trinajstić information content (AvgIpc) is 2.49. The van der Waals surface area contributed by atoms with Crippen molar-refractivity contribution in [1.82, 2.24) is 0 Å². The lowest BCUT2D eigenvalue weighted by Crippen LogP contribution is -2.01. The third-order valence-electron chi connectivity index (χ3n) is 3.12. The van der Waals surface area contributed by atoms with Gasteiger partial charge < -0.3 is 4.84 Å². The number of rotatable bonds is 10. The molecule has 0 radical (unpaired) electrons. The third-order valence-corrected chi connectivity index (χ3v) is 3.12. The van der Waals surface area contributed by atoms with Crippen LogP contribution in [0.1, 0.15) is 53.4 Å². The largest absolute Gasteiger partial charge is 0.362 e. The van der Waals surface area contributed by atoms with Crippen LogP contribution in [0.15, 0.2) is 42.3 Å². The minimum absolute atomic E-state index is 0.564. The lowest BCUT2D eigenvalue weighted by Gasteiger charge is -2.14. The molecule has 0 N–H and O–H groups in total. The van der Waals surface area contributed by atoms with Crippen molar-refractivity contribution in [3.8, 4) is 12.8 Å². The molecular weight excluding hydrogens is 258 g/mol. The highest BCUT2D eigenvalue weighted by molar-refractivity contribution is 5.92. The molecule has 0 aliphatic rings. The molecule has 21 heavy (non-hydrogen) atoms. The molecule has 0 aliphatic heterocycles. The Bertz CT molecular complexity index is 363. The number of allylic oxidation sites excluding steroid dienone is 4. The monoisotopic (exact) mass is 289 g/mol. The second kappa shape index (κ2) is 14.7. The van der Waals surface area contributed by atoms with E-state index in [1.165, 1.54) is 19.3 Å². The Labute approximate surface area is 131 Å². The zero-order valence-electron chi connectivity index (χ0n) is 14.1. The van der Waals surface area contributed by atoms with Gasteiger partial charge in [0.05, 0.1) is 5.71 Å². The number of hydrogen-bond acceptors (Lipinski definition) is 2. The molecule has 0 aliphatic carbocycles. The van der Waals surface area contributed by atoms with Crippen LogP contribution < -0.4 is 0 Å². The fourth-order valence-electron chi connectivity index (χ4n) is 1.80. The molecule has 0 fully saturated rings. The second-order valence-corrected chi connectivity index (χ2v) is 5.24. The van der Waals surface area contributed by atoms with Crippen LogP contribution in [0.3, 0.4) is 0 Å². The summed E-state index contributed by atoms with van der Waals surface area (Å²) in [6.45, 7) is 15.7. The van der Waals surface area contributed by atoms with Crippen molar-refractivity contribution in [2.75, 3.05) is 0 Å². The molecular formula is C19H31NO. The maximum atomic E-state index is 5.01. The van der Waals surface area contributed by atoms with Crippen LogP contribution in [0, 0.1) is 24.7 Å². The normalized spacial score (nSPS) is 13.9. The van der Waals surface area contributed by atoms with Gasteiger partial charge in [0.25, 0.3) is 0 Å². The van der Waals surface area contributed by atoms with Crippen molar-refractivity contribution in [2.45, 2.75) is 53.4 Å². The molecule has 0 saturated heterocycles. The molecule has 2 heteroatoms. The molecule has 0 heterocycles. The minimum atomic E-state index is 0.564. The molecule has 0 aromatic heterocycles. The molecule has 0 bridgehead atoms. The van der Waals surface area contributed by atoms with E-state index in [9.17, 15) is 0 Å². The molecule has 0 aromatic rings. The minimum Gasteiger partial charge on any atom is -0.362 e. The second-order valence-electron chi connectivity index (χ2n) is 5.24. The smallest absolute Gasteiger partial charge is 0.124 e. The zero-order valence-corrected chi connectivity index (χ0v) is 14.1. The average molecular weight is 289 g/mol. The van der Waals surface area contributed by atoms with Gasteiger partial charge >= 0.3 is 0 Å². The highest BCUT2D eigenvalue weighted by Crippen LogP contribution is 2.19. The summed E-state index contributed by atoms with van der Waals surface area (Å²) in [6.07, 6.45) is 19.1. The fourth-order valence-corrected chi connectivity index (χ4v) is 1.80. The van der Waals surface area contributed by atoms with E-state index >= 15 is 0 Å². The van der Waals surface area contributed by atoms with Crippen LogP contribution >= 0.6 is 0 Å². The van der Waals surface area contributed by atoms with Gasteiger partial charge in [-0.25, -0.2) is 0 Å². The van der Waals surface area contributed by atoms with Crippen molar-refractivity contribution in [3.05, 3.63) is 37.1 Å². The van der Waals surface area contributed by atoms with E-state index in [2.05, 4.69) is 51.1 Å². The Morgan fingerprint density at radius 3 is 2.38 bits per heavy atom. The summed E-state index contributed by atoms with van der Waals surface area (Å²) in [6, 6.07) is 0. The highest BCUT2D eigenvalue weighted by atomic mass is 16.6. The summed E-state index contributed by atoms with van der Waals surface area (Å²) in [5.74, 6) is 1.94. The lowest BCUT2D eigenvalue weighted by molar-refractivity contribution is 0.231. The first-order valence-electron chi connectivity index (χ1n) is 7.49. The number of nitrogens with zero attached hydrogens (tertiary/aromatic N) is 1. The van der Waals surface area contributed by atoms with Crippen molar-refractivity contribution >= 4 is 5.71 Å². The van der Waals surface area contributed by atoms with Crippen molar-refractivity contribution < 1.29 is 4.84 Å². The predicted octanol–water partition coefficient (Wildman–Crippen LogP) is 5.74. The molecule has 0 amide bonds. The first-order chi connectivity index (χ1) is 9.99. The van der Waals surface area contributed by atoms with E-state index < -0.39 is 0 Å². The summed E-state index contributed by atoms with van der Waals surface area (Å²) < 4.78 is 0. The van der Waals surface area contributed by atoms with E-state index in [-0.39, 0.29) is 0 Å². The summed E-state index contributed by atoms with van der Waals surface area (Å²) in [5, 5.41) is 3.95. The SMILES string of the molecule is C#C.C=CCC(CC)CCC(C)/C=C/C(C)=N/OC(=C)C. The van der Waals surface area contributed by atoms with E-state index in [0.29, 0.717) is 11.7 Å². The van der Waals surface area contributed by atoms with Gasteiger partial charge in [-0.15, -0.1) is 19.4 Å². The molecule has 0 aromatic carbocycles. The number of oxime groups is 1. The lowest BCUT2D eigenvalue weighted by atomic mass is 9.92. The standard InChI is InChI=1S/C17H29NO.C2H2/c1-7-9-17(8-2)13-11-15(5)10-12-16(6)18-19-14(3)4;1-2/h7,10,12,15,17H,1,3,8-9,11,13H2,2,4-6H3;1-2H/b12-10+,18-16+;. The Balaban J connectivity index is 0. The van der Waals surface area contributed by atoms with Crippen molar-refractivity contribution in [1.29, 1.82) is 0 Å². The van der Waals surface area contributed by atoms with Crippen molar-refractivity contribution in [3.63, 3.8) is 0 Å². The summed E-state index contributed by atoms with van der Waals surface area (Å²) >= 11 is 0. The van der Waals surface area contributed by atoms with Crippen molar-refractivity contribution in [2.24, 2.45) is 17.0 Å². The molecule has 0 spiro atoms. The Morgan fingerprint density at radius 2 is 1.90 bits per heavy atom. The maximum absolute atomic E-state index is 5.01. The van der Waals surface area contributed by atoms with Gasteiger partial charge in [0.1, 0.15) is 5.76 Å². The molecule has 2 nitrogen and oxygen atoms in total. The highest BCUT2D eigenvalue weighted by Gasteiger charge is 2.06. The Kier molecular flexibility index (Phi) is 15.0. The van der Waals surface area contributed by atoms with Crippen LogP contribution in [0.4, 0.5) is 0 Å². The van der Waals surface area contributed by atoms with Gasteiger partial charge in [-0.05, 0) is 51.0 Å². The molecule has 118 valence electrons. The maximum Gasteiger partial charge on any atom is 0.124 e. The third kappa shape index (κ3) is 14.5. The van der Waals surface area contributed by atoms with Gasteiger partial charge in [0, 0.05) is 0 Å². The van der Waals surface area contributed by atoms with Crippen LogP contribution in [0.2, 0.25) is 0 Å². The molecule has 0 rings (SSSR count). The molecule has 0 saturated carbocycles. The van der Waals surface area contributed by atoms with Gasteiger partial charge in [-0.2, -0.15) is 0 Å². The Morgan fingerprint density at radius 1 is 1.29 bits per heavy atom. The van der Waals surface area contributed by atoms with Gasteiger partial charge in [-0.3, -0.25) is 0 Å². The molecule has 2 atom stereocenters. The van der Waals surface area contributed by atoms with Gasteiger partial charge in [-0.1, -0.05) is 44.2 Å². The number of hydrogen-bond donors (Lipinski definition) is 0. The van der Waals surface area contributed by atoms with Crippen LogP contribution in [0.25, 0.3) is 0 Å². The van der Waals surface area contributed by atoms with Crippen LogP contribution in [-0.2, 0) is 4.84 Å². The summed E-state index contributed by atoms with van der Waals surface area (Å²) in [7, 11) is 0. The number of terminal acetylenes is 1. The fraction of sp³-hybridized carbons (Fsp3) is 0.526. The topological polar surface area (TPSA) is 21.6 Å². The summed E-state index contributed by atoms with van der Waals surface area (Å²) in [4.78, 5) is 5.01. The summed E-state index contributed by atoms with van der Waals surface area (Å²) in [5.41, 5.74) is 0.869. The van der Waals surface area contributed by atoms with E-state index in [1.54, 1.807) is 6.92 Å². The first kappa shape index (κ1) is 21.5. The first-order valence-corrected chi connectivity index (χ1v) is 7.49. The van der Waals surface area contributed by atoms with Crippen LogP contribution in [-0.4, -0.2) is 5.71 Å². The van der Waals surface area contributed by atoms with E-state index in [1.807, 2.05) is 19.1 Å². The van der Waals surface area contributed by atoms with Crippen LogP contribution in [0.5, 0.6) is 0 Å². The molecule has 2 unspecified atom stereocenters. The quantitative estimate of drug-likeness (QED) is 0.165. The van der Waals surface area contributed by atoms with Gasteiger partial charge in [0.15, 0.2) is 0 Å². The van der Waals surface area contributed by atoms with Gasteiger partial charge in [0.2, 0.25) is 0 Å². The Hall–Kier alpha value is -1.75. The predicted molar refractivity (Wildman–Crippen MR) is 95.0 cm³/mol. The van der Waals surface area contributed by atoms with E-state index in [4.69, 9.17) is 4.84 Å². The zero-order chi connectivity index (χ0) is 16.7. The van der Waals surface area contributed by atoms with E-state index in [0.717, 1.165) is 18.1 Å².